The topological polar surface area (TPSA) is 75.2 Å². The number of aryl methyl sites for hydroxylation is 1. The van der Waals surface area contributed by atoms with Crippen LogP contribution in [0.1, 0.15) is 22.8 Å². The number of aromatic carboxylic acids is 1. The number of hydrogen-bond donors (Lipinski definition) is 2. The van der Waals surface area contributed by atoms with Gasteiger partial charge in [0.05, 0.1) is 19.0 Å². The first-order chi connectivity index (χ1) is 8.67. The molecule has 2 rings (SSSR count). The summed E-state index contributed by atoms with van der Waals surface area (Å²) in [7, 11) is 1.62. The molecule has 0 unspecified atom stereocenters. The molecule has 0 aliphatic heterocycles. The third-order valence-corrected chi connectivity index (χ3v) is 2.82. The van der Waals surface area contributed by atoms with E-state index in [9.17, 15) is 4.79 Å². The molecule has 5 heteroatoms. The number of carboxylic acids is 1. The average Bonchev–Trinajstić information content (AvgIpc) is 2.87. The van der Waals surface area contributed by atoms with Gasteiger partial charge in [-0.05, 0) is 30.2 Å². The van der Waals surface area contributed by atoms with Crippen LogP contribution in [-0.4, -0.2) is 28.4 Å². The first kappa shape index (κ1) is 12.2. The fraction of sp³-hybridized carbons (Fsp3) is 0.231. The summed E-state index contributed by atoms with van der Waals surface area (Å²) in [5.41, 5.74) is 2.51. The van der Waals surface area contributed by atoms with E-state index in [1.807, 2.05) is 25.1 Å². The van der Waals surface area contributed by atoms with Crippen LogP contribution in [0.3, 0.4) is 0 Å². The molecule has 1 heterocycles. The maximum absolute atomic E-state index is 11.0. The Morgan fingerprint density at radius 3 is 2.89 bits per heavy atom. The smallest absolute Gasteiger partial charge is 0.339 e. The molecule has 2 aromatic rings. The second-order valence-electron chi connectivity index (χ2n) is 3.84. The summed E-state index contributed by atoms with van der Waals surface area (Å²) in [5, 5.41) is 15.6. The van der Waals surface area contributed by atoms with Crippen molar-refractivity contribution in [3.05, 3.63) is 35.5 Å². The van der Waals surface area contributed by atoms with Crippen LogP contribution in [0.2, 0.25) is 0 Å². The average molecular weight is 246 g/mol. The molecule has 94 valence electrons. The summed E-state index contributed by atoms with van der Waals surface area (Å²) in [5.74, 6) is -0.190. The van der Waals surface area contributed by atoms with Gasteiger partial charge in [0, 0.05) is 5.56 Å². The van der Waals surface area contributed by atoms with Crippen LogP contribution in [0.5, 0.6) is 5.75 Å². The highest BCUT2D eigenvalue weighted by atomic mass is 16.5. The van der Waals surface area contributed by atoms with Crippen LogP contribution in [0, 0.1) is 0 Å². The zero-order valence-electron chi connectivity index (χ0n) is 10.2. The Morgan fingerprint density at radius 2 is 2.28 bits per heavy atom. The number of carbonyl (C=O) groups is 1. The first-order valence-corrected chi connectivity index (χ1v) is 5.61. The van der Waals surface area contributed by atoms with Gasteiger partial charge in [-0.2, -0.15) is 5.10 Å². The second-order valence-corrected chi connectivity index (χ2v) is 3.84. The minimum atomic E-state index is -0.993. The molecule has 5 nitrogen and oxygen atoms in total. The Labute approximate surface area is 104 Å². The highest BCUT2D eigenvalue weighted by Crippen LogP contribution is 2.27. The molecule has 0 fully saturated rings. The highest BCUT2D eigenvalue weighted by Gasteiger charge is 2.15. The lowest BCUT2D eigenvalue weighted by molar-refractivity contribution is 0.0698. The molecule has 0 atom stereocenters. The molecule has 0 saturated carbocycles. The van der Waals surface area contributed by atoms with Gasteiger partial charge in [0.15, 0.2) is 0 Å². The molecule has 2 N–H and O–H groups in total. The number of ether oxygens (including phenoxy) is 1. The van der Waals surface area contributed by atoms with Crippen molar-refractivity contribution in [3.8, 4) is 17.0 Å². The third-order valence-electron chi connectivity index (χ3n) is 2.82. The minimum Gasteiger partial charge on any atom is -0.496 e. The summed E-state index contributed by atoms with van der Waals surface area (Å²) in [4.78, 5) is 11.0. The number of aromatic amines is 1. The van der Waals surface area contributed by atoms with Crippen molar-refractivity contribution in [2.75, 3.05) is 7.11 Å². The van der Waals surface area contributed by atoms with Crippen molar-refractivity contribution in [1.29, 1.82) is 0 Å². The Morgan fingerprint density at radius 1 is 1.50 bits per heavy atom. The lowest BCUT2D eigenvalue weighted by Gasteiger charge is -2.08. The Balaban J connectivity index is 2.51. The van der Waals surface area contributed by atoms with Crippen molar-refractivity contribution in [3.63, 3.8) is 0 Å². The molecule has 0 spiro atoms. The van der Waals surface area contributed by atoms with Crippen LogP contribution in [0.25, 0.3) is 11.3 Å². The normalized spacial score (nSPS) is 10.3. The van der Waals surface area contributed by atoms with E-state index in [0.717, 1.165) is 23.3 Å². The van der Waals surface area contributed by atoms with Crippen molar-refractivity contribution < 1.29 is 14.6 Å². The molecule has 0 saturated heterocycles. The van der Waals surface area contributed by atoms with Crippen LogP contribution >= 0.6 is 0 Å². The van der Waals surface area contributed by atoms with Crippen LogP contribution in [0.4, 0.5) is 0 Å². The minimum absolute atomic E-state index is 0.169. The molecular weight excluding hydrogens is 232 g/mol. The molecule has 0 aliphatic carbocycles. The summed E-state index contributed by atoms with van der Waals surface area (Å²) in [6.45, 7) is 2.02. The van der Waals surface area contributed by atoms with Crippen molar-refractivity contribution in [2.24, 2.45) is 0 Å². The summed E-state index contributed by atoms with van der Waals surface area (Å²) in [6, 6.07) is 5.57. The highest BCUT2D eigenvalue weighted by molar-refractivity contribution is 5.94. The number of methoxy groups -OCH3 is 1. The SMILES string of the molecule is CCc1cc(-c2[nH]ncc2C(=O)O)ccc1OC. The van der Waals surface area contributed by atoms with E-state index in [0.29, 0.717) is 5.69 Å². The summed E-state index contributed by atoms with van der Waals surface area (Å²) >= 11 is 0. The monoisotopic (exact) mass is 246 g/mol. The molecule has 1 aromatic heterocycles. The van der Waals surface area contributed by atoms with Gasteiger partial charge < -0.3 is 9.84 Å². The van der Waals surface area contributed by atoms with Crippen LogP contribution < -0.4 is 4.74 Å². The largest absolute Gasteiger partial charge is 0.496 e. The van der Waals surface area contributed by atoms with Gasteiger partial charge in [-0.1, -0.05) is 6.92 Å². The number of benzene rings is 1. The lowest BCUT2D eigenvalue weighted by Crippen LogP contribution is -1.98. The number of rotatable bonds is 4. The second kappa shape index (κ2) is 4.91. The molecule has 1 aromatic carbocycles. The number of hydrogen-bond acceptors (Lipinski definition) is 3. The zero-order valence-corrected chi connectivity index (χ0v) is 10.2. The number of aromatic nitrogens is 2. The summed E-state index contributed by atoms with van der Waals surface area (Å²) in [6.07, 6.45) is 2.13. The fourth-order valence-electron chi connectivity index (χ4n) is 1.88. The number of nitrogens with zero attached hydrogens (tertiary/aromatic N) is 1. The molecule has 0 aliphatic rings. The third kappa shape index (κ3) is 2.07. The van der Waals surface area contributed by atoms with Crippen LogP contribution in [-0.2, 0) is 6.42 Å². The van der Waals surface area contributed by atoms with Gasteiger partial charge >= 0.3 is 5.97 Å². The van der Waals surface area contributed by atoms with Gasteiger partial charge in [0.1, 0.15) is 11.3 Å². The number of H-pyrrole nitrogens is 1. The quantitative estimate of drug-likeness (QED) is 0.868. The Bertz CT molecular complexity index is 575. The predicted molar refractivity (Wildman–Crippen MR) is 66.9 cm³/mol. The molecule has 0 radical (unpaired) electrons. The molecule has 18 heavy (non-hydrogen) atoms. The van der Waals surface area contributed by atoms with Gasteiger partial charge in [0.2, 0.25) is 0 Å². The first-order valence-electron chi connectivity index (χ1n) is 5.61. The van der Waals surface area contributed by atoms with E-state index in [1.54, 1.807) is 7.11 Å². The van der Waals surface area contributed by atoms with Crippen molar-refractivity contribution in [2.45, 2.75) is 13.3 Å². The van der Waals surface area contributed by atoms with Gasteiger partial charge in [0.25, 0.3) is 0 Å². The predicted octanol–water partition coefficient (Wildman–Crippen LogP) is 2.35. The molecule has 0 amide bonds. The number of nitrogens with one attached hydrogen (secondary N) is 1. The Hall–Kier alpha value is -2.30. The van der Waals surface area contributed by atoms with Crippen molar-refractivity contribution >= 4 is 5.97 Å². The van der Waals surface area contributed by atoms with Gasteiger partial charge in [-0.3, -0.25) is 5.10 Å². The van der Waals surface area contributed by atoms with E-state index in [-0.39, 0.29) is 5.56 Å². The Kier molecular flexibility index (Phi) is 3.32. The van der Waals surface area contributed by atoms with E-state index in [1.165, 1.54) is 6.20 Å². The maximum Gasteiger partial charge on any atom is 0.339 e. The van der Waals surface area contributed by atoms with Gasteiger partial charge in [-0.15, -0.1) is 0 Å². The standard InChI is InChI=1S/C13H14N2O3/c1-3-8-6-9(4-5-11(8)18-2)12-10(13(16)17)7-14-15-12/h4-7H,3H2,1-2H3,(H,14,15)(H,16,17). The lowest BCUT2D eigenvalue weighted by atomic mass is 10.0. The maximum atomic E-state index is 11.0. The molecular formula is C13H14N2O3. The fourth-order valence-corrected chi connectivity index (χ4v) is 1.88. The van der Waals surface area contributed by atoms with E-state index >= 15 is 0 Å². The summed E-state index contributed by atoms with van der Waals surface area (Å²) < 4.78 is 5.24. The zero-order chi connectivity index (χ0) is 13.1. The van der Waals surface area contributed by atoms with Gasteiger partial charge in [-0.25, -0.2) is 4.79 Å². The molecule has 0 bridgehead atoms. The van der Waals surface area contributed by atoms with Crippen LogP contribution in [0.15, 0.2) is 24.4 Å². The van der Waals surface area contributed by atoms with E-state index in [4.69, 9.17) is 9.84 Å². The number of carboxylic acid groups (broad SMARTS) is 1. The van der Waals surface area contributed by atoms with E-state index < -0.39 is 5.97 Å². The van der Waals surface area contributed by atoms with Crippen molar-refractivity contribution in [1.82, 2.24) is 10.2 Å². The van der Waals surface area contributed by atoms with E-state index in [2.05, 4.69) is 10.2 Å².